The number of carbonyl (C=O) groups is 2. The molecule has 1 saturated heterocycles. The highest BCUT2D eigenvalue weighted by atomic mass is 16.3. The molecule has 1 aliphatic carbocycles. The van der Waals surface area contributed by atoms with E-state index < -0.39 is 23.8 Å². The van der Waals surface area contributed by atoms with Crippen molar-refractivity contribution in [3.8, 4) is 0 Å². The lowest BCUT2D eigenvalue weighted by Crippen LogP contribution is -2.72. The smallest absolute Gasteiger partial charge is 0.325 e. The minimum atomic E-state index is -2.13. The van der Waals surface area contributed by atoms with E-state index in [-0.39, 0.29) is 11.3 Å². The quantitative estimate of drug-likeness (QED) is 0.350. The van der Waals surface area contributed by atoms with Gasteiger partial charge in [-0.1, -0.05) is 6.08 Å². The Morgan fingerprint density at radius 2 is 2.37 bits per heavy atom. The number of rotatable bonds is 1. The van der Waals surface area contributed by atoms with Gasteiger partial charge in [-0.3, -0.25) is 10.2 Å². The van der Waals surface area contributed by atoms with E-state index in [9.17, 15) is 19.5 Å². The third-order valence-corrected chi connectivity index (χ3v) is 3.07. The predicted octanol–water partition coefficient (Wildman–Crippen LogP) is -1.22. The van der Waals surface area contributed by atoms with Gasteiger partial charge in [0.1, 0.15) is 11.9 Å². The topological polar surface area (TPSA) is 125 Å². The lowest BCUT2D eigenvalue weighted by molar-refractivity contribution is -0.120. The van der Waals surface area contributed by atoms with Crippen LogP contribution in [0.25, 0.3) is 0 Å². The molecule has 1 fully saturated rings. The summed E-state index contributed by atoms with van der Waals surface area (Å²) >= 11 is 0. The summed E-state index contributed by atoms with van der Waals surface area (Å²) in [6.45, 7) is 0. The first-order chi connectivity index (χ1) is 8.90. The van der Waals surface area contributed by atoms with Crippen LogP contribution in [0.1, 0.15) is 0 Å². The number of allylic oxidation sites excluding steroid dienone is 3. The van der Waals surface area contributed by atoms with Crippen molar-refractivity contribution in [3.05, 3.63) is 29.5 Å². The van der Waals surface area contributed by atoms with E-state index >= 15 is 0 Å². The van der Waals surface area contributed by atoms with Crippen LogP contribution >= 0.6 is 0 Å². The van der Waals surface area contributed by atoms with Crippen LogP contribution in [0.2, 0.25) is 0 Å². The number of nitrogens with two attached hydrogens (primary N) is 1. The summed E-state index contributed by atoms with van der Waals surface area (Å²) in [5.41, 5.74) is 5.37. The zero-order valence-corrected chi connectivity index (χ0v) is 10.0. The molecule has 0 aromatic heterocycles. The van der Waals surface area contributed by atoms with E-state index in [2.05, 4.69) is 10.6 Å². The normalized spacial score (nSPS) is 29.1. The van der Waals surface area contributed by atoms with Gasteiger partial charge in [0.25, 0.3) is 0 Å². The maximum Gasteiger partial charge on any atom is 0.325 e. The van der Waals surface area contributed by atoms with Crippen LogP contribution in [0.4, 0.5) is 9.59 Å². The van der Waals surface area contributed by atoms with E-state index in [1.165, 1.54) is 25.3 Å². The molecule has 8 heteroatoms. The Morgan fingerprint density at radius 1 is 1.68 bits per heavy atom. The van der Waals surface area contributed by atoms with Crippen LogP contribution in [0.3, 0.4) is 0 Å². The fraction of sp³-hybridized carbons (Fsp3) is 0.273. The minimum Gasteiger partial charge on any atom is -0.353 e. The molecule has 4 amide bonds. The molecule has 0 radical (unpaired) electrons. The average molecular weight is 264 g/mol. The van der Waals surface area contributed by atoms with Crippen molar-refractivity contribution in [2.24, 2.45) is 11.7 Å². The van der Waals surface area contributed by atoms with Gasteiger partial charge in [-0.05, 0) is 12.2 Å². The van der Waals surface area contributed by atoms with Gasteiger partial charge >= 0.3 is 12.1 Å². The Balaban J connectivity index is 2.56. The number of hydrogen-bond donors (Lipinski definition) is 4. The van der Waals surface area contributed by atoms with E-state index in [0.717, 1.165) is 4.90 Å². The molecular formula is C11H12N4O4. The molecule has 0 spiro atoms. The van der Waals surface area contributed by atoms with E-state index in [1.54, 1.807) is 5.94 Å². The number of nitrogens with one attached hydrogen (secondary N) is 2. The molecule has 19 heavy (non-hydrogen) atoms. The Bertz CT molecular complexity index is 561. The van der Waals surface area contributed by atoms with Crippen LogP contribution in [0, 0.1) is 5.92 Å². The van der Waals surface area contributed by atoms with Crippen LogP contribution in [0.5, 0.6) is 0 Å². The molecule has 2 atom stereocenters. The standard InChI is InChI=1S/C11H12N4O4/c1-15-10(18)13-7-4-2-3-6(5-16)8(7)11(15,19)14-9(12)17/h2-4,8,19H,1H3,(H,13,18)(H3,12,14,17). The second kappa shape index (κ2) is 4.27. The first-order valence-electron chi connectivity index (χ1n) is 5.38. The molecule has 0 aromatic rings. The van der Waals surface area contributed by atoms with Crippen molar-refractivity contribution < 1.29 is 19.5 Å². The fourth-order valence-corrected chi connectivity index (χ4v) is 2.15. The largest absolute Gasteiger partial charge is 0.353 e. The summed E-state index contributed by atoms with van der Waals surface area (Å²) in [6, 6.07) is -1.66. The van der Waals surface area contributed by atoms with E-state index in [0.29, 0.717) is 0 Å². The van der Waals surface area contributed by atoms with Gasteiger partial charge in [0, 0.05) is 12.7 Å². The Hall–Kier alpha value is -2.57. The van der Waals surface area contributed by atoms with E-state index in [1.807, 2.05) is 0 Å². The lowest BCUT2D eigenvalue weighted by Gasteiger charge is -2.47. The highest BCUT2D eigenvalue weighted by Gasteiger charge is 2.52. The second-order valence-corrected chi connectivity index (χ2v) is 4.18. The molecule has 100 valence electrons. The second-order valence-electron chi connectivity index (χ2n) is 4.18. The third-order valence-electron chi connectivity index (χ3n) is 3.07. The van der Waals surface area contributed by atoms with Crippen molar-refractivity contribution in [1.29, 1.82) is 0 Å². The summed E-state index contributed by atoms with van der Waals surface area (Å²) in [5.74, 6) is -1.43. The first kappa shape index (κ1) is 12.9. The van der Waals surface area contributed by atoms with Crippen molar-refractivity contribution in [2.75, 3.05) is 7.05 Å². The molecule has 1 aliphatic heterocycles. The lowest BCUT2D eigenvalue weighted by atomic mass is 9.85. The maximum absolute atomic E-state index is 11.7. The van der Waals surface area contributed by atoms with Gasteiger partial charge in [-0.15, -0.1) is 0 Å². The summed E-state index contributed by atoms with van der Waals surface area (Å²) in [7, 11) is 1.27. The number of aliphatic hydroxyl groups is 1. The third kappa shape index (κ3) is 1.88. The molecule has 2 rings (SSSR count). The number of fused-ring (bicyclic) bond motifs is 1. The van der Waals surface area contributed by atoms with Crippen LogP contribution < -0.4 is 16.4 Å². The average Bonchev–Trinajstić information content (AvgIpc) is 2.34. The Morgan fingerprint density at radius 3 is 2.95 bits per heavy atom. The molecule has 1 heterocycles. The Labute approximate surface area is 108 Å². The molecule has 8 nitrogen and oxygen atoms in total. The highest BCUT2D eigenvalue weighted by Crippen LogP contribution is 2.36. The van der Waals surface area contributed by atoms with E-state index in [4.69, 9.17) is 5.73 Å². The summed E-state index contributed by atoms with van der Waals surface area (Å²) in [4.78, 5) is 34.6. The number of carbonyl (C=O) groups excluding carboxylic acids is 3. The van der Waals surface area contributed by atoms with Crippen LogP contribution in [0.15, 0.2) is 29.5 Å². The molecule has 0 saturated carbocycles. The monoisotopic (exact) mass is 264 g/mol. The van der Waals surface area contributed by atoms with Crippen LogP contribution in [-0.2, 0) is 4.79 Å². The number of amides is 4. The molecule has 5 N–H and O–H groups in total. The maximum atomic E-state index is 11.7. The number of hydrogen-bond acceptors (Lipinski definition) is 4. The highest BCUT2D eigenvalue weighted by molar-refractivity contribution is 5.82. The molecule has 0 bridgehead atoms. The number of urea groups is 2. The van der Waals surface area contributed by atoms with Gasteiger partial charge in [0.05, 0.1) is 5.57 Å². The number of primary amides is 1. The summed E-state index contributed by atoms with van der Waals surface area (Å²) in [6.07, 6.45) is 4.48. The predicted molar refractivity (Wildman–Crippen MR) is 63.9 cm³/mol. The molecular weight excluding hydrogens is 252 g/mol. The summed E-state index contributed by atoms with van der Waals surface area (Å²) < 4.78 is 0. The van der Waals surface area contributed by atoms with Crippen molar-refractivity contribution in [1.82, 2.24) is 15.5 Å². The minimum absolute atomic E-state index is 0.0839. The molecule has 2 unspecified atom stereocenters. The SMILES string of the molecule is CN1C(=O)NC2=CC=CC(=C=O)C2C1(O)NC(N)=O. The fourth-order valence-electron chi connectivity index (χ4n) is 2.15. The van der Waals surface area contributed by atoms with Crippen LogP contribution in [-0.4, -0.2) is 40.9 Å². The molecule has 0 aromatic carbocycles. The van der Waals surface area contributed by atoms with Crippen molar-refractivity contribution in [2.45, 2.75) is 5.85 Å². The first-order valence-corrected chi connectivity index (χ1v) is 5.38. The van der Waals surface area contributed by atoms with Gasteiger partial charge in [-0.25, -0.2) is 14.4 Å². The zero-order chi connectivity index (χ0) is 14.2. The summed E-state index contributed by atoms with van der Waals surface area (Å²) in [5, 5.41) is 15.1. The zero-order valence-electron chi connectivity index (χ0n) is 10.0. The van der Waals surface area contributed by atoms with Gasteiger partial charge in [-0.2, -0.15) is 0 Å². The van der Waals surface area contributed by atoms with Crippen molar-refractivity contribution in [3.63, 3.8) is 0 Å². The van der Waals surface area contributed by atoms with Gasteiger partial charge in [0.2, 0.25) is 5.85 Å². The van der Waals surface area contributed by atoms with Gasteiger partial charge < -0.3 is 16.2 Å². The number of nitrogens with zero attached hydrogens (tertiary/aromatic N) is 1. The van der Waals surface area contributed by atoms with Crippen molar-refractivity contribution >= 4 is 18.0 Å². The molecule has 2 aliphatic rings. The Kier molecular flexibility index (Phi) is 2.89. The van der Waals surface area contributed by atoms with Gasteiger partial charge in [0.15, 0.2) is 0 Å².